The second-order valence-electron chi connectivity index (χ2n) is 3.00. The first-order valence-corrected chi connectivity index (χ1v) is 4.38. The fourth-order valence-corrected chi connectivity index (χ4v) is 1.18. The molecule has 1 rings (SSSR count). The lowest BCUT2D eigenvalue weighted by molar-refractivity contribution is 1.03. The highest BCUT2D eigenvalue weighted by atomic mass is 35.5. The predicted molar refractivity (Wildman–Crippen MR) is 52.9 cm³/mol. The van der Waals surface area contributed by atoms with Crippen LogP contribution in [-0.2, 0) is 5.88 Å². The van der Waals surface area contributed by atoms with Gasteiger partial charge in [0.05, 0.1) is 0 Å². The quantitative estimate of drug-likeness (QED) is 0.656. The summed E-state index contributed by atoms with van der Waals surface area (Å²) in [6.45, 7) is 1.98. The van der Waals surface area contributed by atoms with Crippen LogP contribution in [-0.4, -0.2) is 19.1 Å². The van der Waals surface area contributed by atoms with Crippen molar-refractivity contribution in [3.05, 3.63) is 23.4 Å². The van der Waals surface area contributed by atoms with E-state index < -0.39 is 0 Å². The number of anilines is 1. The van der Waals surface area contributed by atoms with Crippen LogP contribution in [0.2, 0.25) is 0 Å². The van der Waals surface area contributed by atoms with Crippen LogP contribution in [0.3, 0.4) is 0 Å². The van der Waals surface area contributed by atoms with Gasteiger partial charge in [0.1, 0.15) is 5.82 Å². The lowest BCUT2D eigenvalue weighted by atomic mass is 10.2. The van der Waals surface area contributed by atoms with Crippen molar-refractivity contribution < 1.29 is 0 Å². The smallest absolute Gasteiger partial charge is 0.128 e. The fraction of sp³-hybridized carbons (Fsp3) is 0.444. The van der Waals surface area contributed by atoms with Gasteiger partial charge in [-0.1, -0.05) is 0 Å². The van der Waals surface area contributed by atoms with Gasteiger partial charge in [0.2, 0.25) is 0 Å². The normalized spacial score (nSPS) is 10.0. The number of halogens is 1. The summed E-state index contributed by atoms with van der Waals surface area (Å²) >= 11 is 5.73. The van der Waals surface area contributed by atoms with E-state index in [2.05, 4.69) is 4.98 Å². The maximum absolute atomic E-state index is 5.73. The minimum Gasteiger partial charge on any atom is -0.363 e. The molecule has 0 radical (unpaired) electrons. The van der Waals surface area contributed by atoms with Crippen molar-refractivity contribution in [2.45, 2.75) is 12.8 Å². The Bertz CT molecular complexity index is 271. The summed E-state index contributed by atoms with van der Waals surface area (Å²) in [5.74, 6) is 1.51. The maximum atomic E-state index is 5.73. The zero-order chi connectivity index (χ0) is 9.14. The average molecular weight is 185 g/mol. The molecule has 1 heterocycles. The molecule has 0 aliphatic carbocycles. The number of pyridine rings is 1. The Morgan fingerprint density at radius 1 is 1.42 bits per heavy atom. The van der Waals surface area contributed by atoms with Gasteiger partial charge in [0, 0.05) is 25.7 Å². The molecule has 0 aliphatic rings. The van der Waals surface area contributed by atoms with Gasteiger partial charge < -0.3 is 4.90 Å². The van der Waals surface area contributed by atoms with Gasteiger partial charge in [0.15, 0.2) is 0 Å². The molecule has 0 unspecified atom stereocenters. The summed E-state index contributed by atoms with van der Waals surface area (Å²) in [5.41, 5.74) is 2.13. The van der Waals surface area contributed by atoms with Crippen LogP contribution < -0.4 is 4.90 Å². The SMILES string of the molecule is Cc1cc(CCl)cc(N(C)C)n1. The predicted octanol–water partition coefficient (Wildman–Crippen LogP) is 2.19. The third kappa shape index (κ3) is 2.11. The highest BCUT2D eigenvalue weighted by molar-refractivity contribution is 6.17. The van der Waals surface area contributed by atoms with Gasteiger partial charge in [-0.2, -0.15) is 0 Å². The molecule has 0 fully saturated rings. The van der Waals surface area contributed by atoms with E-state index in [0.717, 1.165) is 17.1 Å². The first-order chi connectivity index (χ1) is 5.63. The summed E-state index contributed by atoms with van der Waals surface area (Å²) in [7, 11) is 3.94. The Labute approximate surface area is 78.2 Å². The van der Waals surface area contributed by atoms with Gasteiger partial charge >= 0.3 is 0 Å². The molecule has 66 valence electrons. The second-order valence-corrected chi connectivity index (χ2v) is 3.27. The van der Waals surface area contributed by atoms with Gasteiger partial charge in [-0.3, -0.25) is 0 Å². The molecule has 0 spiro atoms. The van der Waals surface area contributed by atoms with E-state index in [0.29, 0.717) is 5.88 Å². The molecule has 3 heteroatoms. The van der Waals surface area contributed by atoms with Crippen LogP contribution in [0.5, 0.6) is 0 Å². The van der Waals surface area contributed by atoms with Gasteiger partial charge in [-0.15, -0.1) is 11.6 Å². The summed E-state index contributed by atoms with van der Waals surface area (Å²) in [6, 6.07) is 4.00. The molecule has 1 aromatic rings. The average Bonchev–Trinajstić information content (AvgIpc) is 2.03. The Balaban J connectivity index is 3.06. The minimum atomic E-state index is 0.546. The van der Waals surface area contributed by atoms with Crippen LogP contribution in [0.25, 0.3) is 0 Å². The van der Waals surface area contributed by atoms with E-state index in [1.54, 1.807) is 0 Å². The highest BCUT2D eigenvalue weighted by Crippen LogP contribution is 2.13. The molecule has 0 saturated carbocycles. The number of aryl methyl sites for hydroxylation is 1. The summed E-state index contributed by atoms with van der Waals surface area (Å²) < 4.78 is 0. The molecule has 2 nitrogen and oxygen atoms in total. The third-order valence-electron chi connectivity index (χ3n) is 1.61. The van der Waals surface area contributed by atoms with Gasteiger partial charge in [0.25, 0.3) is 0 Å². The van der Waals surface area contributed by atoms with Crippen molar-refractivity contribution >= 4 is 17.4 Å². The zero-order valence-electron chi connectivity index (χ0n) is 7.63. The summed E-state index contributed by atoms with van der Waals surface area (Å²) in [4.78, 5) is 6.32. The standard InChI is InChI=1S/C9H13ClN2/c1-7-4-8(6-10)5-9(11-7)12(2)3/h4-5H,6H2,1-3H3. The van der Waals surface area contributed by atoms with Crippen LogP contribution in [0, 0.1) is 6.92 Å². The lowest BCUT2D eigenvalue weighted by Crippen LogP contribution is -2.11. The first-order valence-electron chi connectivity index (χ1n) is 3.84. The van der Waals surface area contributed by atoms with Crippen molar-refractivity contribution in [1.82, 2.24) is 4.98 Å². The molecule has 0 saturated heterocycles. The highest BCUT2D eigenvalue weighted by Gasteiger charge is 2.00. The number of hydrogen-bond donors (Lipinski definition) is 0. The second kappa shape index (κ2) is 3.76. The van der Waals surface area contributed by atoms with Gasteiger partial charge in [-0.05, 0) is 24.6 Å². The molecule has 0 atom stereocenters. The van der Waals surface area contributed by atoms with Gasteiger partial charge in [-0.25, -0.2) is 4.98 Å². The van der Waals surface area contributed by atoms with Crippen molar-refractivity contribution in [2.75, 3.05) is 19.0 Å². The maximum Gasteiger partial charge on any atom is 0.128 e. The van der Waals surface area contributed by atoms with Crippen molar-refractivity contribution in [3.8, 4) is 0 Å². The molecule has 0 N–H and O–H groups in total. The molecule has 0 aliphatic heterocycles. The van der Waals surface area contributed by atoms with E-state index in [9.17, 15) is 0 Å². The van der Waals surface area contributed by atoms with E-state index in [1.165, 1.54) is 0 Å². The third-order valence-corrected chi connectivity index (χ3v) is 1.92. The van der Waals surface area contributed by atoms with Crippen LogP contribution in [0.1, 0.15) is 11.3 Å². The number of nitrogens with zero attached hydrogens (tertiary/aromatic N) is 2. The fourth-order valence-electron chi connectivity index (χ4n) is 1.03. The lowest BCUT2D eigenvalue weighted by Gasteiger charge is -2.12. The van der Waals surface area contributed by atoms with Crippen molar-refractivity contribution in [3.63, 3.8) is 0 Å². The van der Waals surface area contributed by atoms with Crippen molar-refractivity contribution in [1.29, 1.82) is 0 Å². The molecular weight excluding hydrogens is 172 g/mol. The summed E-state index contributed by atoms with van der Waals surface area (Å²) in [5, 5.41) is 0. The molecule has 0 bridgehead atoms. The minimum absolute atomic E-state index is 0.546. The largest absolute Gasteiger partial charge is 0.363 e. The van der Waals surface area contributed by atoms with Crippen LogP contribution in [0.15, 0.2) is 12.1 Å². The Morgan fingerprint density at radius 2 is 2.08 bits per heavy atom. The Morgan fingerprint density at radius 3 is 2.58 bits per heavy atom. The Hall–Kier alpha value is -0.760. The molecule has 12 heavy (non-hydrogen) atoms. The number of hydrogen-bond acceptors (Lipinski definition) is 2. The number of rotatable bonds is 2. The van der Waals surface area contributed by atoms with E-state index in [4.69, 9.17) is 11.6 Å². The molecule has 1 aromatic heterocycles. The number of alkyl halides is 1. The van der Waals surface area contributed by atoms with E-state index >= 15 is 0 Å². The number of aromatic nitrogens is 1. The molecular formula is C9H13ClN2. The monoisotopic (exact) mass is 184 g/mol. The topological polar surface area (TPSA) is 16.1 Å². The van der Waals surface area contributed by atoms with E-state index in [-0.39, 0.29) is 0 Å². The Kier molecular flexibility index (Phi) is 2.93. The molecule has 0 amide bonds. The zero-order valence-corrected chi connectivity index (χ0v) is 8.39. The van der Waals surface area contributed by atoms with Crippen LogP contribution >= 0.6 is 11.6 Å². The summed E-state index contributed by atoms with van der Waals surface area (Å²) in [6.07, 6.45) is 0. The molecule has 0 aromatic carbocycles. The van der Waals surface area contributed by atoms with E-state index in [1.807, 2.05) is 38.1 Å². The first kappa shape index (κ1) is 9.33. The van der Waals surface area contributed by atoms with Crippen molar-refractivity contribution in [2.24, 2.45) is 0 Å². The van der Waals surface area contributed by atoms with Crippen LogP contribution in [0.4, 0.5) is 5.82 Å².